The standard InChI is InChI=1S/C27H21Cl2N5O4/c1-15-7-23(31-12-21(15)24(35)36)33-13-22(17-5-3-16(11-30)4-6-17)27(14-33)25(37)34(26(38)32(27)2)20-9-18(28)8-19(29)10-20/h3-10,12,22H,13-14H2,1-2H3,(H,35,36)/t22-,27+/m0/s1. The number of aromatic nitrogens is 1. The maximum Gasteiger partial charge on any atom is 0.337 e. The van der Waals surface area contributed by atoms with E-state index < -0.39 is 29.4 Å². The number of aromatic carboxylic acids is 1. The van der Waals surface area contributed by atoms with Crippen LogP contribution in [0.25, 0.3) is 0 Å². The minimum absolute atomic E-state index is 0.0829. The Morgan fingerprint density at radius 1 is 1.13 bits per heavy atom. The quantitative estimate of drug-likeness (QED) is 0.468. The lowest BCUT2D eigenvalue weighted by molar-refractivity contribution is -0.124. The predicted molar refractivity (Wildman–Crippen MR) is 142 cm³/mol. The highest BCUT2D eigenvalue weighted by Crippen LogP contribution is 2.47. The van der Waals surface area contributed by atoms with Gasteiger partial charge in [-0.2, -0.15) is 5.26 Å². The molecule has 38 heavy (non-hydrogen) atoms. The lowest BCUT2D eigenvalue weighted by Gasteiger charge is -2.33. The molecule has 0 saturated carbocycles. The smallest absolute Gasteiger partial charge is 0.337 e. The van der Waals surface area contributed by atoms with Crippen LogP contribution in [0.4, 0.5) is 16.3 Å². The molecule has 2 saturated heterocycles. The van der Waals surface area contributed by atoms with Gasteiger partial charge in [-0.05, 0) is 54.4 Å². The summed E-state index contributed by atoms with van der Waals surface area (Å²) < 4.78 is 0. The van der Waals surface area contributed by atoms with Crippen molar-refractivity contribution in [2.45, 2.75) is 18.4 Å². The van der Waals surface area contributed by atoms with E-state index in [1.54, 1.807) is 44.3 Å². The predicted octanol–water partition coefficient (Wildman–Crippen LogP) is 4.71. The number of anilines is 2. The van der Waals surface area contributed by atoms with Crippen molar-refractivity contribution in [1.82, 2.24) is 9.88 Å². The SMILES string of the molecule is Cc1cc(N2C[C@@H](c3ccc(C#N)cc3)[C@]3(C2)C(=O)N(c2cc(Cl)cc(Cl)c2)C(=O)N3C)ncc1C(=O)O. The number of hydrogen-bond donors (Lipinski definition) is 1. The summed E-state index contributed by atoms with van der Waals surface area (Å²) in [6.45, 7) is 2.11. The zero-order valence-corrected chi connectivity index (χ0v) is 21.9. The first kappa shape index (κ1) is 25.5. The first-order valence-corrected chi connectivity index (χ1v) is 12.4. The number of imide groups is 1. The van der Waals surface area contributed by atoms with E-state index in [4.69, 9.17) is 23.2 Å². The van der Waals surface area contributed by atoms with Crippen LogP contribution in [-0.4, -0.2) is 58.6 Å². The number of hydrogen-bond acceptors (Lipinski definition) is 6. The van der Waals surface area contributed by atoms with E-state index in [1.807, 2.05) is 4.90 Å². The number of nitrogens with zero attached hydrogens (tertiary/aromatic N) is 5. The molecule has 2 atom stereocenters. The number of amides is 3. The van der Waals surface area contributed by atoms with Crippen LogP contribution < -0.4 is 9.80 Å². The average Bonchev–Trinajstić information content (AvgIpc) is 3.36. The van der Waals surface area contributed by atoms with Gasteiger partial charge in [0.1, 0.15) is 11.4 Å². The second-order valence-electron chi connectivity index (χ2n) is 9.36. The molecule has 3 aromatic rings. The van der Waals surface area contributed by atoms with E-state index in [2.05, 4.69) is 11.1 Å². The van der Waals surface area contributed by atoms with Crippen LogP contribution >= 0.6 is 23.2 Å². The lowest BCUT2D eigenvalue weighted by atomic mass is 9.80. The number of halogens is 2. The van der Waals surface area contributed by atoms with E-state index >= 15 is 0 Å². The monoisotopic (exact) mass is 549 g/mol. The minimum atomic E-state index is -1.32. The van der Waals surface area contributed by atoms with Gasteiger partial charge in [0, 0.05) is 35.8 Å². The molecule has 2 aromatic carbocycles. The van der Waals surface area contributed by atoms with Crippen molar-refractivity contribution >= 4 is 52.6 Å². The van der Waals surface area contributed by atoms with Crippen molar-refractivity contribution in [3.63, 3.8) is 0 Å². The average molecular weight is 550 g/mol. The molecule has 0 aliphatic carbocycles. The number of carboxylic acids is 1. The molecule has 1 N–H and O–H groups in total. The molecular formula is C27H21Cl2N5O4. The van der Waals surface area contributed by atoms with Crippen LogP contribution in [0.5, 0.6) is 0 Å². The molecule has 5 rings (SSSR count). The van der Waals surface area contributed by atoms with Gasteiger partial charge in [-0.15, -0.1) is 0 Å². The Morgan fingerprint density at radius 3 is 2.37 bits per heavy atom. The van der Waals surface area contributed by atoms with Crippen molar-refractivity contribution in [3.05, 3.63) is 87.0 Å². The number of nitriles is 1. The van der Waals surface area contributed by atoms with Crippen LogP contribution in [0.2, 0.25) is 10.0 Å². The summed E-state index contributed by atoms with van der Waals surface area (Å²) in [6.07, 6.45) is 1.29. The van der Waals surface area contributed by atoms with Crippen LogP contribution in [0, 0.1) is 18.3 Å². The van der Waals surface area contributed by atoms with E-state index in [-0.39, 0.29) is 27.8 Å². The minimum Gasteiger partial charge on any atom is -0.478 e. The topological polar surface area (TPSA) is 118 Å². The van der Waals surface area contributed by atoms with Gasteiger partial charge in [-0.3, -0.25) is 4.79 Å². The van der Waals surface area contributed by atoms with Crippen molar-refractivity contribution in [1.29, 1.82) is 5.26 Å². The fourth-order valence-electron chi connectivity index (χ4n) is 5.32. The van der Waals surface area contributed by atoms with Crippen LogP contribution in [0.1, 0.15) is 33.0 Å². The zero-order valence-electron chi connectivity index (χ0n) is 20.4. The summed E-state index contributed by atoms with van der Waals surface area (Å²) in [5.41, 5.74) is 0.787. The molecule has 3 heterocycles. The summed E-state index contributed by atoms with van der Waals surface area (Å²) in [5, 5.41) is 19.2. The lowest BCUT2D eigenvalue weighted by Crippen LogP contribution is -2.53. The number of likely N-dealkylation sites (N-methyl/N-ethyl adjacent to an activating group) is 1. The molecule has 2 aliphatic heterocycles. The third-order valence-corrected chi connectivity index (χ3v) is 7.70. The Kier molecular flexibility index (Phi) is 6.25. The highest BCUT2D eigenvalue weighted by molar-refractivity contribution is 6.36. The van der Waals surface area contributed by atoms with Gasteiger partial charge in [-0.25, -0.2) is 19.5 Å². The fourth-order valence-corrected chi connectivity index (χ4v) is 5.83. The van der Waals surface area contributed by atoms with E-state index in [0.717, 1.165) is 10.5 Å². The Balaban J connectivity index is 1.63. The molecule has 3 amide bonds. The van der Waals surface area contributed by atoms with Gasteiger partial charge in [-0.1, -0.05) is 35.3 Å². The molecule has 9 nitrogen and oxygen atoms in total. The second-order valence-corrected chi connectivity index (χ2v) is 10.2. The summed E-state index contributed by atoms with van der Waals surface area (Å²) >= 11 is 12.4. The first-order valence-electron chi connectivity index (χ1n) is 11.6. The molecule has 192 valence electrons. The van der Waals surface area contributed by atoms with Crippen molar-refractivity contribution in [2.24, 2.45) is 0 Å². The molecule has 0 unspecified atom stereocenters. The number of carbonyl (C=O) groups excluding carboxylic acids is 2. The fraction of sp³-hybridized carbons (Fsp3) is 0.222. The number of benzene rings is 2. The second kappa shape index (κ2) is 9.31. The molecule has 0 bridgehead atoms. The molecule has 11 heteroatoms. The normalized spacial score (nSPS) is 20.9. The number of carbonyl (C=O) groups is 3. The number of carboxylic acid groups (broad SMARTS) is 1. The van der Waals surface area contributed by atoms with Crippen molar-refractivity contribution in [2.75, 3.05) is 29.9 Å². The molecule has 0 radical (unpaired) electrons. The van der Waals surface area contributed by atoms with Gasteiger partial charge in [0.15, 0.2) is 0 Å². The molecular weight excluding hydrogens is 529 g/mol. The molecule has 1 spiro atoms. The van der Waals surface area contributed by atoms with Crippen LogP contribution in [0.15, 0.2) is 54.7 Å². The number of rotatable bonds is 4. The Hall–Kier alpha value is -4.13. The van der Waals surface area contributed by atoms with Gasteiger partial charge >= 0.3 is 12.0 Å². The molecule has 1 aromatic heterocycles. The Bertz CT molecular complexity index is 1520. The Labute approximate surface area is 228 Å². The zero-order chi connectivity index (χ0) is 27.4. The summed E-state index contributed by atoms with van der Waals surface area (Å²) in [4.78, 5) is 48.1. The molecule has 2 aliphatic rings. The largest absolute Gasteiger partial charge is 0.478 e. The van der Waals surface area contributed by atoms with Crippen LogP contribution in [-0.2, 0) is 4.79 Å². The van der Waals surface area contributed by atoms with E-state index in [1.165, 1.54) is 29.3 Å². The van der Waals surface area contributed by atoms with Gasteiger partial charge < -0.3 is 14.9 Å². The van der Waals surface area contributed by atoms with E-state index in [9.17, 15) is 24.8 Å². The van der Waals surface area contributed by atoms with Gasteiger partial charge in [0.25, 0.3) is 5.91 Å². The van der Waals surface area contributed by atoms with E-state index in [0.29, 0.717) is 23.5 Å². The first-order chi connectivity index (χ1) is 18.1. The number of pyridine rings is 1. The maximum absolute atomic E-state index is 14.3. The maximum atomic E-state index is 14.3. The van der Waals surface area contributed by atoms with Crippen molar-refractivity contribution < 1.29 is 19.5 Å². The number of urea groups is 1. The highest BCUT2D eigenvalue weighted by Gasteiger charge is 2.64. The third kappa shape index (κ3) is 3.93. The molecule has 2 fully saturated rings. The number of aryl methyl sites for hydroxylation is 1. The van der Waals surface area contributed by atoms with Crippen LogP contribution in [0.3, 0.4) is 0 Å². The van der Waals surface area contributed by atoms with Crippen molar-refractivity contribution in [3.8, 4) is 6.07 Å². The summed E-state index contributed by atoms with van der Waals surface area (Å²) in [7, 11) is 1.58. The van der Waals surface area contributed by atoms with Gasteiger partial charge in [0.2, 0.25) is 0 Å². The van der Waals surface area contributed by atoms with Gasteiger partial charge in [0.05, 0.1) is 29.4 Å². The summed E-state index contributed by atoms with van der Waals surface area (Å²) in [6, 6.07) is 14.7. The Morgan fingerprint density at radius 2 is 1.79 bits per heavy atom. The third-order valence-electron chi connectivity index (χ3n) is 7.26. The summed E-state index contributed by atoms with van der Waals surface area (Å²) in [5.74, 6) is -1.53. The highest BCUT2D eigenvalue weighted by atomic mass is 35.5.